The van der Waals surface area contributed by atoms with Gasteiger partial charge in [-0.05, 0) is 37.3 Å². The molecule has 0 bridgehead atoms. The zero-order chi connectivity index (χ0) is 19.6. The van der Waals surface area contributed by atoms with Crippen LogP contribution >= 0.6 is 0 Å². The number of carbonyl (C=O) groups excluding carboxylic acids is 1. The third kappa shape index (κ3) is 7.19. The maximum absolute atomic E-state index is 13.1. The van der Waals surface area contributed by atoms with Gasteiger partial charge in [0.2, 0.25) is 5.91 Å². The van der Waals surface area contributed by atoms with Crippen LogP contribution in [0.4, 0.5) is 4.79 Å². The first kappa shape index (κ1) is 21.2. The number of nitrogens with zero attached hydrogens (tertiary/aromatic N) is 1. The van der Waals surface area contributed by atoms with Crippen molar-refractivity contribution in [1.29, 1.82) is 0 Å². The Kier molecular flexibility index (Phi) is 8.54. The summed E-state index contributed by atoms with van der Waals surface area (Å²) in [5.74, 6) is 0.0660. The summed E-state index contributed by atoms with van der Waals surface area (Å²) in [5, 5.41) is 24.8. The van der Waals surface area contributed by atoms with Crippen LogP contribution < -0.4 is 10.6 Å². The summed E-state index contributed by atoms with van der Waals surface area (Å²) in [7, 11) is 0. The standard InChI is InChI=1S/C20H31N3O4/c1-15(9-11-22-20(26)27)12-19(25)23(14-16-6-3-2-4-7-16)17-8-5-10-21-13-18(17)24/h2-4,6-7,15,17-18,21-22,24H,5,8-14H2,1H3,(H,26,27)/t15-,17?,18?/m0/s1. The number of aliphatic hydroxyl groups is 1. The van der Waals surface area contributed by atoms with E-state index in [1.54, 1.807) is 0 Å². The summed E-state index contributed by atoms with van der Waals surface area (Å²) in [6, 6.07) is 9.60. The van der Waals surface area contributed by atoms with Crippen molar-refractivity contribution < 1.29 is 19.8 Å². The summed E-state index contributed by atoms with van der Waals surface area (Å²) >= 11 is 0. The van der Waals surface area contributed by atoms with Crippen LogP contribution in [-0.4, -0.2) is 58.9 Å². The van der Waals surface area contributed by atoms with E-state index < -0.39 is 12.2 Å². The summed E-state index contributed by atoms with van der Waals surface area (Å²) < 4.78 is 0. The molecule has 0 aliphatic carbocycles. The molecule has 1 aliphatic heterocycles. The average Bonchev–Trinajstić information content (AvgIpc) is 2.84. The molecule has 2 unspecified atom stereocenters. The first-order chi connectivity index (χ1) is 13.0. The van der Waals surface area contributed by atoms with E-state index in [1.807, 2.05) is 42.2 Å². The first-order valence-electron chi connectivity index (χ1n) is 9.66. The third-order valence-electron chi connectivity index (χ3n) is 5.00. The van der Waals surface area contributed by atoms with Gasteiger partial charge in [-0.15, -0.1) is 0 Å². The number of nitrogens with one attached hydrogen (secondary N) is 2. The molecule has 1 heterocycles. The molecule has 1 fully saturated rings. The van der Waals surface area contributed by atoms with Gasteiger partial charge in [0.1, 0.15) is 0 Å². The maximum Gasteiger partial charge on any atom is 0.404 e. The van der Waals surface area contributed by atoms with Crippen molar-refractivity contribution in [2.24, 2.45) is 5.92 Å². The second kappa shape index (κ2) is 10.9. The molecule has 1 aromatic carbocycles. The van der Waals surface area contributed by atoms with Gasteiger partial charge in [-0.1, -0.05) is 37.3 Å². The van der Waals surface area contributed by atoms with Crippen molar-refractivity contribution in [2.45, 2.75) is 51.3 Å². The van der Waals surface area contributed by atoms with E-state index in [9.17, 15) is 14.7 Å². The van der Waals surface area contributed by atoms with Crippen LogP contribution in [0.25, 0.3) is 0 Å². The highest BCUT2D eigenvalue weighted by Crippen LogP contribution is 2.21. The fourth-order valence-corrected chi connectivity index (χ4v) is 3.49. The van der Waals surface area contributed by atoms with Gasteiger partial charge in [0, 0.05) is 26.1 Å². The fourth-order valence-electron chi connectivity index (χ4n) is 3.49. The Bertz CT molecular complexity index is 596. The summed E-state index contributed by atoms with van der Waals surface area (Å²) in [6.45, 7) is 4.09. The Balaban J connectivity index is 2.05. The minimum absolute atomic E-state index is 0.00706. The normalized spacial score (nSPS) is 21.1. The van der Waals surface area contributed by atoms with Crippen LogP contribution in [-0.2, 0) is 11.3 Å². The molecule has 7 nitrogen and oxygen atoms in total. The SMILES string of the molecule is C[C@@H](CCNC(=O)O)CC(=O)N(Cc1ccccc1)C1CCCNCC1O. The lowest BCUT2D eigenvalue weighted by Crippen LogP contribution is -2.48. The molecule has 1 aromatic rings. The molecule has 2 amide bonds. The quantitative estimate of drug-likeness (QED) is 0.553. The van der Waals surface area contributed by atoms with Crippen molar-refractivity contribution in [3.8, 4) is 0 Å². The molecular weight excluding hydrogens is 346 g/mol. The maximum atomic E-state index is 13.1. The van der Waals surface area contributed by atoms with Crippen molar-refractivity contribution in [3.05, 3.63) is 35.9 Å². The Hall–Kier alpha value is -2.12. The zero-order valence-corrected chi connectivity index (χ0v) is 15.9. The average molecular weight is 377 g/mol. The molecule has 1 aliphatic rings. The van der Waals surface area contributed by atoms with Gasteiger partial charge in [0.25, 0.3) is 0 Å². The molecule has 2 rings (SSSR count). The Morgan fingerprint density at radius 2 is 2.07 bits per heavy atom. The van der Waals surface area contributed by atoms with Gasteiger partial charge in [-0.3, -0.25) is 4.79 Å². The molecular formula is C20H31N3O4. The predicted molar refractivity (Wildman–Crippen MR) is 103 cm³/mol. The van der Waals surface area contributed by atoms with E-state index in [4.69, 9.17) is 5.11 Å². The van der Waals surface area contributed by atoms with Crippen LogP contribution in [0.15, 0.2) is 30.3 Å². The van der Waals surface area contributed by atoms with E-state index in [-0.39, 0.29) is 17.9 Å². The highest BCUT2D eigenvalue weighted by Gasteiger charge is 2.31. The van der Waals surface area contributed by atoms with E-state index in [1.165, 1.54) is 0 Å². The largest absolute Gasteiger partial charge is 0.465 e. The summed E-state index contributed by atoms with van der Waals surface area (Å²) in [6.07, 6.45) is 0.981. The molecule has 150 valence electrons. The fraction of sp³-hybridized carbons (Fsp3) is 0.600. The number of β-amino-alcohol motifs (C(OH)–C–C–N with tert-alkyl or cyclic N) is 1. The number of hydrogen-bond donors (Lipinski definition) is 4. The lowest BCUT2D eigenvalue weighted by Gasteiger charge is -2.35. The molecule has 4 N–H and O–H groups in total. The van der Waals surface area contributed by atoms with Crippen LogP contribution in [0.5, 0.6) is 0 Å². The summed E-state index contributed by atoms with van der Waals surface area (Å²) in [4.78, 5) is 25.5. The highest BCUT2D eigenvalue weighted by molar-refractivity contribution is 5.77. The summed E-state index contributed by atoms with van der Waals surface area (Å²) in [5.41, 5.74) is 1.04. The molecule has 1 saturated heterocycles. The van der Waals surface area contributed by atoms with E-state index in [0.717, 1.165) is 24.9 Å². The van der Waals surface area contributed by atoms with Gasteiger partial charge in [-0.2, -0.15) is 0 Å². The molecule has 3 atom stereocenters. The Morgan fingerprint density at radius 3 is 2.78 bits per heavy atom. The third-order valence-corrected chi connectivity index (χ3v) is 5.00. The lowest BCUT2D eigenvalue weighted by atomic mass is 9.99. The predicted octanol–water partition coefficient (Wildman–Crippen LogP) is 1.81. The number of carbonyl (C=O) groups is 2. The number of amides is 2. The molecule has 0 saturated carbocycles. The van der Waals surface area contributed by atoms with Gasteiger partial charge in [0.05, 0.1) is 12.1 Å². The number of hydrogen-bond acceptors (Lipinski definition) is 4. The minimum Gasteiger partial charge on any atom is -0.465 e. The first-order valence-corrected chi connectivity index (χ1v) is 9.66. The highest BCUT2D eigenvalue weighted by atomic mass is 16.4. The number of rotatable bonds is 8. The van der Waals surface area contributed by atoms with Crippen LogP contribution in [0.3, 0.4) is 0 Å². The van der Waals surface area contributed by atoms with Gasteiger partial charge < -0.3 is 25.7 Å². The van der Waals surface area contributed by atoms with Gasteiger partial charge in [-0.25, -0.2) is 4.79 Å². The Morgan fingerprint density at radius 1 is 1.33 bits per heavy atom. The molecule has 0 radical (unpaired) electrons. The topological polar surface area (TPSA) is 102 Å². The zero-order valence-electron chi connectivity index (χ0n) is 15.9. The molecule has 27 heavy (non-hydrogen) atoms. The Labute approximate surface area is 160 Å². The van der Waals surface area contributed by atoms with Gasteiger partial charge in [0.15, 0.2) is 0 Å². The smallest absolute Gasteiger partial charge is 0.404 e. The molecule has 0 aromatic heterocycles. The molecule has 7 heteroatoms. The van der Waals surface area contributed by atoms with E-state index in [2.05, 4.69) is 10.6 Å². The van der Waals surface area contributed by atoms with Gasteiger partial charge >= 0.3 is 6.09 Å². The van der Waals surface area contributed by atoms with Crippen molar-refractivity contribution in [2.75, 3.05) is 19.6 Å². The van der Waals surface area contributed by atoms with Crippen molar-refractivity contribution >= 4 is 12.0 Å². The number of carboxylic acid groups (broad SMARTS) is 1. The van der Waals surface area contributed by atoms with Crippen LogP contribution in [0.1, 0.15) is 38.2 Å². The monoisotopic (exact) mass is 377 g/mol. The number of benzene rings is 1. The van der Waals surface area contributed by atoms with Crippen molar-refractivity contribution in [3.63, 3.8) is 0 Å². The second-order valence-electron chi connectivity index (χ2n) is 7.32. The van der Waals surface area contributed by atoms with Crippen LogP contribution in [0.2, 0.25) is 0 Å². The van der Waals surface area contributed by atoms with Crippen molar-refractivity contribution in [1.82, 2.24) is 15.5 Å². The second-order valence-corrected chi connectivity index (χ2v) is 7.32. The van der Waals surface area contributed by atoms with E-state index >= 15 is 0 Å². The van der Waals surface area contributed by atoms with E-state index in [0.29, 0.717) is 32.5 Å². The minimum atomic E-state index is -1.05. The molecule has 0 spiro atoms. The number of aliphatic hydroxyl groups excluding tert-OH is 1. The lowest BCUT2D eigenvalue weighted by molar-refractivity contribution is -0.138. The van der Waals surface area contributed by atoms with Crippen LogP contribution in [0, 0.1) is 5.92 Å².